The van der Waals surface area contributed by atoms with E-state index in [1.807, 2.05) is 37.6 Å². The zero-order valence-electron chi connectivity index (χ0n) is 17.7. The lowest BCUT2D eigenvalue weighted by atomic mass is 9.98. The molecule has 0 N–H and O–H groups in total. The van der Waals surface area contributed by atoms with Gasteiger partial charge in [0.1, 0.15) is 11.3 Å². The molecule has 2 aromatic heterocycles. The first kappa shape index (κ1) is 21.0. The van der Waals surface area contributed by atoms with E-state index in [1.165, 1.54) is 12.1 Å². The first-order valence-electron chi connectivity index (χ1n) is 10.1. The molecule has 1 aliphatic rings. The highest BCUT2D eigenvalue weighted by molar-refractivity contribution is 5.83. The summed E-state index contributed by atoms with van der Waals surface area (Å²) >= 11 is 0. The lowest BCUT2D eigenvalue weighted by molar-refractivity contribution is 0.0195. The zero-order valence-corrected chi connectivity index (χ0v) is 17.7. The van der Waals surface area contributed by atoms with Gasteiger partial charge >= 0.3 is 6.09 Å². The molecule has 1 aromatic carbocycles. The van der Waals surface area contributed by atoms with Crippen molar-refractivity contribution >= 4 is 6.09 Å². The largest absolute Gasteiger partial charge is 0.444 e. The maximum Gasteiger partial charge on any atom is 0.410 e. The molecule has 3 heterocycles. The van der Waals surface area contributed by atoms with Gasteiger partial charge in [0.25, 0.3) is 6.43 Å². The van der Waals surface area contributed by atoms with Crippen LogP contribution in [0.4, 0.5) is 13.6 Å². The van der Waals surface area contributed by atoms with E-state index in [0.29, 0.717) is 25.3 Å². The third-order valence-electron chi connectivity index (χ3n) is 5.04. The molecule has 0 atom stereocenters. The third-order valence-corrected chi connectivity index (χ3v) is 5.04. The minimum atomic E-state index is -2.52. The van der Waals surface area contributed by atoms with E-state index in [2.05, 4.69) is 4.98 Å². The Morgan fingerprint density at radius 3 is 2.32 bits per heavy atom. The molecule has 1 amide bonds. The Morgan fingerprint density at radius 1 is 1.03 bits per heavy atom. The Bertz CT molecular complexity index is 1070. The number of carbonyl (C=O) groups excluding carboxylic acids is 1. The van der Waals surface area contributed by atoms with Crippen LogP contribution in [0.3, 0.4) is 0 Å². The molecule has 4 rings (SSSR count). The number of carbonyl (C=O) groups is 1. The van der Waals surface area contributed by atoms with Gasteiger partial charge in [-0.3, -0.25) is 9.67 Å². The fraction of sp³-hybridized carbons (Fsp3) is 0.348. The molecule has 0 bridgehead atoms. The highest BCUT2D eigenvalue weighted by Gasteiger charge is 2.30. The van der Waals surface area contributed by atoms with Crippen LogP contribution >= 0.6 is 0 Å². The second kappa shape index (κ2) is 8.09. The number of fused-ring (bicyclic) bond motifs is 1. The highest BCUT2D eigenvalue weighted by atomic mass is 19.3. The number of aromatic nitrogens is 3. The van der Waals surface area contributed by atoms with Crippen LogP contribution in [0.2, 0.25) is 0 Å². The number of hydrogen-bond donors (Lipinski definition) is 0. The lowest BCUT2D eigenvalue weighted by Gasteiger charge is -2.30. The van der Waals surface area contributed by atoms with Gasteiger partial charge in [0.2, 0.25) is 0 Å². The van der Waals surface area contributed by atoms with Gasteiger partial charge in [-0.2, -0.15) is 5.10 Å². The lowest BCUT2D eigenvalue weighted by Crippen LogP contribution is -2.41. The molecule has 0 saturated carbocycles. The second-order valence-electron chi connectivity index (χ2n) is 8.45. The number of amides is 1. The monoisotopic (exact) mass is 426 g/mol. The molecule has 0 fully saturated rings. The van der Waals surface area contributed by atoms with Crippen LogP contribution < -0.4 is 0 Å². The Kier molecular flexibility index (Phi) is 5.47. The predicted octanol–water partition coefficient (Wildman–Crippen LogP) is 5.30. The Hall–Kier alpha value is -3.29. The van der Waals surface area contributed by atoms with Gasteiger partial charge in [0.15, 0.2) is 0 Å². The van der Waals surface area contributed by atoms with Crippen molar-refractivity contribution in [1.29, 1.82) is 0 Å². The van der Waals surface area contributed by atoms with E-state index in [9.17, 15) is 13.6 Å². The van der Waals surface area contributed by atoms with Crippen molar-refractivity contribution in [3.05, 3.63) is 60.0 Å². The summed E-state index contributed by atoms with van der Waals surface area (Å²) in [7, 11) is 0. The van der Waals surface area contributed by atoms with E-state index in [0.717, 1.165) is 22.4 Å². The average molecular weight is 426 g/mol. The van der Waals surface area contributed by atoms with Crippen LogP contribution in [0.1, 0.15) is 38.5 Å². The van der Waals surface area contributed by atoms with Gasteiger partial charge in [-0.15, -0.1) is 0 Å². The standard InChI is InChI=1S/C23H24F2N4O2/c1-23(2,3)31-22(30)28-12-13-29-18(14-28)19(15-8-10-26-11-9-15)20(27-29)16-4-6-17(7-5-16)21(24)25/h4-11,21H,12-14H2,1-3H3. The van der Waals surface area contributed by atoms with Crippen LogP contribution in [0.25, 0.3) is 22.4 Å². The van der Waals surface area contributed by atoms with Crippen LogP contribution in [0.15, 0.2) is 48.8 Å². The molecule has 0 aliphatic carbocycles. The quantitative estimate of drug-likeness (QED) is 0.570. The first-order chi connectivity index (χ1) is 14.7. The summed E-state index contributed by atoms with van der Waals surface area (Å²) in [4.78, 5) is 18.4. The number of hydrogen-bond acceptors (Lipinski definition) is 4. The van der Waals surface area contributed by atoms with Gasteiger partial charge in [0, 0.05) is 35.6 Å². The van der Waals surface area contributed by atoms with Crippen molar-refractivity contribution in [3.63, 3.8) is 0 Å². The predicted molar refractivity (Wildman–Crippen MR) is 112 cm³/mol. The first-order valence-corrected chi connectivity index (χ1v) is 10.1. The number of benzene rings is 1. The maximum absolute atomic E-state index is 13.0. The molecular weight excluding hydrogens is 402 g/mol. The van der Waals surface area contributed by atoms with Crippen molar-refractivity contribution in [3.8, 4) is 22.4 Å². The molecule has 8 heteroatoms. The minimum Gasteiger partial charge on any atom is -0.444 e. The zero-order chi connectivity index (χ0) is 22.2. The smallest absolute Gasteiger partial charge is 0.410 e. The SMILES string of the molecule is CC(C)(C)OC(=O)N1CCn2nc(-c3ccc(C(F)F)cc3)c(-c3ccncc3)c2C1. The van der Waals surface area contributed by atoms with E-state index < -0.39 is 12.0 Å². The molecule has 162 valence electrons. The van der Waals surface area contributed by atoms with Crippen molar-refractivity contribution in [1.82, 2.24) is 19.7 Å². The summed E-state index contributed by atoms with van der Waals surface area (Å²) in [5.41, 5.74) is 3.44. The van der Waals surface area contributed by atoms with E-state index in [1.54, 1.807) is 29.4 Å². The summed E-state index contributed by atoms with van der Waals surface area (Å²) in [6.45, 7) is 6.84. The number of nitrogens with zero attached hydrogens (tertiary/aromatic N) is 4. The number of alkyl halides is 2. The van der Waals surface area contributed by atoms with Gasteiger partial charge in [0.05, 0.1) is 18.8 Å². The van der Waals surface area contributed by atoms with E-state index in [4.69, 9.17) is 9.84 Å². The van der Waals surface area contributed by atoms with Gasteiger partial charge in [-0.25, -0.2) is 13.6 Å². The molecular formula is C23H24F2N4O2. The van der Waals surface area contributed by atoms with Crippen molar-refractivity contribution in [2.24, 2.45) is 0 Å². The summed E-state index contributed by atoms with van der Waals surface area (Å²) < 4.78 is 33.4. The highest BCUT2D eigenvalue weighted by Crippen LogP contribution is 2.37. The molecule has 1 aliphatic heterocycles. The fourth-order valence-electron chi connectivity index (χ4n) is 3.61. The number of ether oxygens (including phenoxy) is 1. The topological polar surface area (TPSA) is 60.2 Å². The van der Waals surface area contributed by atoms with Crippen molar-refractivity contribution < 1.29 is 18.3 Å². The van der Waals surface area contributed by atoms with E-state index >= 15 is 0 Å². The third kappa shape index (κ3) is 4.42. The molecule has 0 saturated heterocycles. The van der Waals surface area contributed by atoms with Crippen LogP contribution in [-0.2, 0) is 17.8 Å². The van der Waals surface area contributed by atoms with Crippen molar-refractivity contribution in [2.45, 2.75) is 45.9 Å². The number of pyridine rings is 1. The normalized spacial score (nSPS) is 13.9. The Balaban J connectivity index is 1.76. The fourth-order valence-corrected chi connectivity index (χ4v) is 3.61. The van der Waals surface area contributed by atoms with Crippen LogP contribution in [-0.4, -0.2) is 37.9 Å². The van der Waals surface area contributed by atoms with Gasteiger partial charge < -0.3 is 9.64 Å². The molecule has 0 spiro atoms. The summed E-state index contributed by atoms with van der Waals surface area (Å²) in [5.74, 6) is 0. The van der Waals surface area contributed by atoms with Gasteiger partial charge in [-0.05, 0) is 38.5 Å². The minimum absolute atomic E-state index is 0.0331. The average Bonchev–Trinajstić information content (AvgIpc) is 3.12. The molecule has 3 aromatic rings. The van der Waals surface area contributed by atoms with Crippen LogP contribution in [0, 0.1) is 0 Å². The van der Waals surface area contributed by atoms with Gasteiger partial charge in [-0.1, -0.05) is 24.3 Å². The summed E-state index contributed by atoms with van der Waals surface area (Å²) in [6.07, 6.45) is 0.490. The Labute approximate surface area is 179 Å². The Morgan fingerprint density at radius 2 is 1.71 bits per heavy atom. The van der Waals surface area contributed by atoms with Crippen molar-refractivity contribution in [2.75, 3.05) is 6.54 Å². The molecule has 0 unspecified atom stereocenters. The number of halogens is 2. The molecule has 6 nitrogen and oxygen atoms in total. The maximum atomic E-state index is 13.0. The van der Waals surface area contributed by atoms with Crippen LogP contribution in [0.5, 0.6) is 0 Å². The second-order valence-corrected chi connectivity index (χ2v) is 8.45. The molecule has 0 radical (unpaired) electrons. The van der Waals surface area contributed by atoms with E-state index in [-0.39, 0.29) is 11.7 Å². The number of rotatable bonds is 3. The summed E-state index contributed by atoms with van der Waals surface area (Å²) in [5, 5.41) is 4.77. The summed E-state index contributed by atoms with van der Waals surface area (Å²) in [6, 6.07) is 9.91. The molecule has 31 heavy (non-hydrogen) atoms.